The molecule has 4 nitrogen and oxygen atoms in total. The highest BCUT2D eigenvalue weighted by atomic mass is 16.5. The van der Waals surface area contributed by atoms with E-state index in [1.54, 1.807) is 0 Å². The van der Waals surface area contributed by atoms with Gasteiger partial charge in [-0.25, -0.2) is 0 Å². The molecule has 0 aliphatic carbocycles. The van der Waals surface area contributed by atoms with E-state index in [1.165, 1.54) is 0 Å². The van der Waals surface area contributed by atoms with E-state index in [2.05, 4.69) is 10.1 Å². The molecule has 0 saturated carbocycles. The van der Waals surface area contributed by atoms with E-state index >= 15 is 0 Å². The van der Waals surface area contributed by atoms with Crippen molar-refractivity contribution in [3.05, 3.63) is 30.3 Å². The van der Waals surface area contributed by atoms with E-state index in [1.807, 2.05) is 30.3 Å². The third-order valence-electron chi connectivity index (χ3n) is 2.99. The summed E-state index contributed by atoms with van der Waals surface area (Å²) in [7, 11) is 0. The first-order valence-electron chi connectivity index (χ1n) is 5.98. The summed E-state index contributed by atoms with van der Waals surface area (Å²) in [5, 5.41) is 11.9. The van der Waals surface area contributed by atoms with Crippen LogP contribution < -0.4 is 4.74 Å². The van der Waals surface area contributed by atoms with E-state index in [-0.39, 0.29) is 0 Å². The first-order chi connectivity index (χ1) is 8.38. The molecule has 1 N–H and O–H groups in total. The Labute approximate surface area is 101 Å². The molecule has 0 bridgehead atoms. The second-order valence-electron chi connectivity index (χ2n) is 4.17. The van der Waals surface area contributed by atoms with Crippen molar-refractivity contribution in [3.8, 4) is 5.75 Å². The molecule has 92 valence electrons. The smallest absolute Gasteiger partial charge is 0.119 e. The number of hydrogen-bond donors (Lipinski definition) is 1. The topological polar surface area (TPSA) is 45.1 Å². The van der Waals surface area contributed by atoms with Crippen LogP contribution in [0.4, 0.5) is 0 Å². The summed E-state index contributed by atoms with van der Waals surface area (Å²) in [6, 6.07) is 9.85. The summed E-state index contributed by atoms with van der Waals surface area (Å²) < 4.78 is 5.64. The van der Waals surface area contributed by atoms with Gasteiger partial charge in [-0.05, 0) is 12.1 Å². The van der Waals surface area contributed by atoms with Gasteiger partial charge >= 0.3 is 0 Å². The van der Waals surface area contributed by atoms with Crippen molar-refractivity contribution >= 4 is 5.71 Å². The Hall–Kier alpha value is -1.55. The van der Waals surface area contributed by atoms with Crippen LogP contribution in [0.15, 0.2) is 35.5 Å². The van der Waals surface area contributed by atoms with Gasteiger partial charge in [0.1, 0.15) is 12.4 Å². The number of ether oxygens (including phenoxy) is 1. The molecule has 1 aliphatic heterocycles. The normalized spacial score (nSPS) is 16.8. The van der Waals surface area contributed by atoms with Crippen molar-refractivity contribution in [3.63, 3.8) is 0 Å². The van der Waals surface area contributed by atoms with E-state index in [9.17, 15) is 0 Å². The van der Waals surface area contributed by atoms with Crippen LogP contribution in [0.3, 0.4) is 0 Å². The van der Waals surface area contributed by atoms with Gasteiger partial charge in [0, 0.05) is 32.5 Å². The lowest BCUT2D eigenvalue weighted by Crippen LogP contribution is -2.36. The maximum atomic E-state index is 8.65. The molecule has 4 heteroatoms. The Morgan fingerprint density at radius 3 is 2.53 bits per heavy atom. The van der Waals surface area contributed by atoms with Crippen molar-refractivity contribution in [1.29, 1.82) is 0 Å². The lowest BCUT2D eigenvalue weighted by molar-refractivity contribution is 0.206. The molecular formula is C13H18N2O2. The predicted octanol–water partition coefficient (Wildman–Crippen LogP) is 1.99. The molecule has 1 heterocycles. The average molecular weight is 234 g/mol. The van der Waals surface area contributed by atoms with Gasteiger partial charge in [-0.3, -0.25) is 4.90 Å². The maximum absolute atomic E-state index is 8.65. The minimum atomic E-state index is 0.704. The molecule has 0 radical (unpaired) electrons. The van der Waals surface area contributed by atoms with Crippen molar-refractivity contribution in [1.82, 2.24) is 4.90 Å². The standard InChI is InChI=1S/C13H18N2O2/c16-14-12-6-8-15(9-7-12)10-11-17-13-4-2-1-3-5-13/h1-5,16H,6-11H2. The molecule has 0 atom stereocenters. The predicted molar refractivity (Wildman–Crippen MR) is 66.8 cm³/mol. The number of hydrogen-bond acceptors (Lipinski definition) is 4. The van der Waals surface area contributed by atoms with Gasteiger partial charge in [0.25, 0.3) is 0 Å². The Morgan fingerprint density at radius 1 is 1.18 bits per heavy atom. The van der Waals surface area contributed by atoms with Crippen LogP contribution in [0.2, 0.25) is 0 Å². The lowest BCUT2D eigenvalue weighted by Gasteiger charge is -2.26. The fourth-order valence-electron chi connectivity index (χ4n) is 1.94. The van der Waals surface area contributed by atoms with Gasteiger partial charge in [0.15, 0.2) is 0 Å². The van der Waals surface area contributed by atoms with Crippen LogP contribution >= 0.6 is 0 Å². The highest BCUT2D eigenvalue weighted by Crippen LogP contribution is 2.10. The Kier molecular flexibility index (Phi) is 4.38. The third-order valence-corrected chi connectivity index (χ3v) is 2.99. The molecular weight excluding hydrogens is 216 g/mol. The monoisotopic (exact) mass is 234 g/mol. The highest BCUT2D eigenvalue weighted by Gasteiger charge is 2.14. The fourth-order valence-corrected chi connectivity index (χ4v) is 1.94. The van der Waals surface area contributed by atoms with Gasteiger partial charge in [0.2, 0.25) is 0 Å². The van der Waals surface area contributed by atoms with Crippen molar-refractivity contribution < 1.29 is 9.94 Å². The van der Waals surface area contributed by atoms with Crippen LogP contribution in [0.1, 0.15) is 12.8 Å². The largest absolute Gasteiger partial charge is 0.492 e. The first-order valence-corrected chi connectivity index (χ1v) is 5.98. The SMILES string of the molecule is ON=C1CCN(CCOc2ccccc2)CC1. The Bertz CT molecular complexity index is 355. The number of likely N-dealkylation sites (tertiary alicyclic amines) is 1. The van der Waals surface area contributed by atoms with Crippen LogP contribution in [-0.4, -0.2) is 42.1 Å². The number of nitrogens with zero attached hydrogens (tertiary/aromatic N) is 2. The third kappa shape index (κ3) is 3.75. The van der Waals surface area contributed by atoms with Crippen molar-refractivity contribution in [2.45, 2.75) is 12.8 Å². The van der Waals surface area contributed by atoms with Crippen LogP contribution in [-0.2, 0) is 0 Å². The molecule has 1 aromatic rings. The molecule has 0 amide bonds. The number of piperidine rings is 1. The first kappa shape index (κ1) is 11.9. The zero-order chi connectivity index (χ0) is 11.9. The van der Waals surface area contributed by atoms with E-state index in [4.69, 9.17) is 9.94 Å². The molecule has 0 unspecified atom stereocenters. The minimum Gasteiger partial charge on any atom is -0.492 e. The molecule has 17 heavy (non-hydrogen) atoms. The summed E-state index contributed by atoms with van der Waals surface area (Å²) >= 11 is 0. The van der Waals surface area contributed by atoms with Crippen LogP contribution in [0, 0.1) is 0 Å². The average Bonchev–Trinajstić information content (AvgIpc) is 2.41. The van der Waals surface area contributed by atoms with Crippen molar-refractivity contribution in [2.75, 3.05) is 26.2 Å². The van der Waals surface area contributed by atoms with Crippen LogP contribution in [0.25, 0.3) is 0 Å². The summed E-state index contributed by atoms with van der Waals surface area (Å²) in [5.41, 5.74) is 0.908. The van der Waals surface area contributed by atoms with Gasteiger partial charge < -0.3 is 9.94 Å². The van der Waals surface area contributed by atoms with Gasteiger partial charge in [0.05, 0.1) is 5.71 Å². The van der Waals surface area contributed by atoms with Gasteiger partial charge in [-0.1, -0.05) is 23.4 Å². The van der Waals surface area contributed by atoms with Gasteiger partial charge in [-0.2, -0.15) is 0 Å². The molecule has 1 aliphatic rings. The zero-order valence-electron chi connectivity index (χ0n) is 9.88. The quantitative estimate of drug-likeness (QED) is 0.640. The van der Waals surface area contributed by atoms with E-state index in [0.29, 0.717) is 6.61 Å². The molecule has 0 spiro atoms. The summed E-state index contributed by atoms with van der Waals surface area (Å²) in [6.07, 6.45) is 1.73. The molecule has 1 saturated heterocycles. The second-order valence-corrected chi connectivity index (χ2v) is 4.17. The number of para-hydroxylation sites is 1. The number of rotatable bonds is 4. The Morgan fingerprint density at radius 2 is 1.88 bits per heavy atom. The van der Waals surface area contributed by atoms with E-state index < -0.39 is 0 Å². The summed E-state index contributed by atoms with van der Waals surface area (Å²) in [5.74, 6) is 0.919. The second kappa shape index (κ2) is 6.25. The molecule has 1 fully saturated rings. The van der Waals surface area contributed by atoms with Gasteiger partial charge in [-0.15, -0.1) is 0 Å². The summed E-state index contributed by atoms with van der Waals surface area (Å²) in [6.45, 7) is 3.54. The van der Waals surface area contributed by atoms with Crippen molar-refractivity contribution in [2.24, 2.45) is 5.16 Å². The minimum absolute atomic E-state index is 0.704. The summed E-state index contributed by atoms with van der Waals surface area (Å²) in [4.78, 5) is 2.33. The molecule has 1 aromatic carbocycles. The number of oxime groups is 1. The lowest BCUT2D eigenvalue weighted by atomic mass is 10.1. The Balaban J connectivity index is 1.66. The van der Waals surface area contributed by atoms with Crippen LogP contribution in [0.5, 0.6) is 5.75 Å². The number of benzene rings is 1. The molecule has 2 rings (SSSR count). The fraction of sp³-hybridized carbons (Fsp3) is 0.462. The maximum Gasteiger partial charge on any atom is 0.119 e. The molecule has 0 aromatic heterocycles. The van der Waals surface area contributed by atoms with E-state index in [0.717, 1.165) is 43.9 Å². The zero-order valence-corrected chi connectivity index (χ0v) is 9.88. The highest BCUT2D eigenvalue weighted by molar-refractivity contribution is 5.84.